The molecule has 0 aromatic rings. The molecule has 1 aliphatic heterocycles. The first-order chi connectivity index (χ1) is 7.14. The Kier molecular flexibility index (Phi) is 2.89. The first-order valence-corrected chi connectivity index (χ1v) is 6.12. The number of nitrogens with zero attached hydrogens (tertiary/aromatic N) is 1. The van der Waals surface area contributed by atoms with Crippen molar-refractivity contribution in [3.8, 4) is 0 Å². The highest BCUT2D eigenvalue weighted by Crippen LogP contribution is 2.39. The Morgan fingerprint density at radius 1 is 1.20 bits per heavy atom. The van der Waals surface area contributed by atoms with E-state index in [4.69, 9.17) is 4.74 Å². The summed E-state index contributed by atoms with van der Waals surface area (Å²) in [5.74, 6) is 0.435. The predicted molar refractivity (Wildman–Crippen MR) is 58.7 cm³/mol. The molecule has 1 saturated heterocycles. The lowest BCUT2D eigenvalue weighted by atomic mass is 9.88. The zero-order valence-corrected chi connectivity index (χ0v) is 9.79. The van der Waals surface area contributed by atoms with Crippen LogP contribution in [0, 0.1) is 5.92 Å². The van der Waals surface area contributed by atoms with Crippen LogP contribution in [0.3, 0.4) is 0 Å². The van der Waals surface area contributed by atoms with Crippen LogP contribution in [0.5, 0.6) is 0 Å². The summed E-state index contributed by atoms with van der Waals surface area (Å²) in [4.78, 5) is 13.6. The van der Waals surface area contributed by atoms with Crippen LogP contribution in [0.15, 0.2) is 0 Å². The van der Waals surface area contributed by atoms with E-state index in [0.717, 1.165) is 32.4 Å². The molecule has 0 aromatic heterocycles. The summed E-state index contributed by atoms with van der Waals surface area (Å²) in [7, 11) is 0. The van der Waals surface area contributed by atoms with Gasteiger partial charge >= 0.3 is 6.09 Å². The quantitative estimate of drug-likeness (QED) is 0.703. The third-order valence-corrected chi connectivity index (χ3v) is 3.91. The van der Waals surface area contributed by atoms with Crippen molar-refractivity contribution in [3.63, 3.8) is 0 Å². The van der Waals surface area contributed by atoms with Gasteiger partial charge in [-0.1, -0.05) is 13.8 Å². The lowest BCUT2D eigenvalue weighted by Crippen LogP contribution is -2.47. The van der Waals surface area contributed by atoms with Crippen LogP contribution in [0.25, 0.3) is 0 Å². The Morgan fingerprint density at radius 3 is 2.20 bits per heavy atom. The van der Waals surface area contributed by atoms with Crippen molar-refractivity contribution < 1.29 is 9.53 Å². The largest absolute Gasteiger partial charge is 0.443 e. The molecule has 3 nitrogen and oxygen atoms in total. The van der Waals surface area contributed by atoms with Crippen molar-refractivity contribution >= 4 is 6.09 Å². The van der Waals surface area contributed by atoms with Crippen LogP contribution in [0.4, 0.5) is 4.79 Å². The van der Waals surface area contributed by atoms with E-state index in [1.165, 1.54) is 12.8 Å². The fourth-order valence-electron chi connectivity index (χ4n) is 2.51. The van der Waals surface area contributed by atoms with Crippen LogP contribution in [-0.4, -0.2) is 29.7 Å². The smallest absolute Gasteiger partial charge is 0.410 e. The van der Waals surface area contributed by atoms with E-state index < -0.39 is 0 Å². The third-order valence-electron chi connectivity index (χ3n) is 3.91. The van der Waals surface area contributed by atoms with Crippen LogP contribution in [0.2, 0.25) is 0 Å². The number of rotatable bonds is 2. The van der Waals surface area contributed by atoms with Crippen molar-refractivity contribution in [3.05, 3.63) is 0 Å². The molecule has 2 fully saturated rings. The first kappa shape index (κ1) is 10.8. The monoisotopic (exact) mass is 211 g/mol. The van der Waals surface area contributed by atoms with Crippen LogP contribution in [-0.2, 0) is 4.74 Å². The Labute approximate surface area is 91.8 Å². The summed E-state index contributed by atoms with van der Waals surface area (Å²) >= 11 is 0. The highest BCUT2D eigenvalue weighted by Gasteiger charge is 2.42. The van der Waals surface area contributed by atoms with Crippen molar-refractivity contribution in [2.75, 3.05) is 13.1 Å². The molecule has 0 unspecified atom stereocenters. The highest BCUT2D eigenvalue weighted by atomic mass is 16.6. The van der Waals surface area contributed by atoms with E-state index in [2.05, 4.69) is 13.8 Å². The van der Waals surface area contributed by atoms with Crippen LogP contribution >= 0.6 is 0 Å². The molecule has 1 heterocycles. The van der Waals surface area contributed by atoms with Gasteiger partial charge in [-0.2, -0.15) is 0 Å². The van der Waals surface area contributed by atoms with E-state index in [-0.39, 0.29) is 11.7 Å². The van der Waals surface area contributed by atoms with Crippen molar-refractivity contribution in [1.29, 1.82) is 0 Å². The molecule has 1 amide bonds. The molecular formula is C12H21NO2. The number of hydrogen-bond donors (Lipinski definition) is 0. The molecule has 1 saturated carbocycles. The molecule has 86 valence electrons. The number of ether oxygens (including phenoxy) is 1. The molecule has 0 atom stereocenters. The molecule has 1 aliphatic carbocycles. The Hall–Kier alpha value is -0.730. The second-order valence-electron chi connectivity index (χ2n) is 5.14. The molecule has 0 spiro atoms. The van der Waals surface area contributed by atoms with E-state index in [1.54, 1.807) is 0 Å². The molecule has 0 bridgehead atoms. The molecule has 2 aliphatic rings. The summed E-state index contributed by atoms with van der Waals surface area (Å²) in [6.45, 7) is 6.09. The number of carbonyl (C=O) groups excluding carboxylic acids is 1. The second kappa shape index (κ2) is 4.03. The zero-order valence-electron chi connectivity index (χ0n) is 9.79. The fraction of sp³-hybridized carbons (Fsp3) is 0.917. The predicted octanol–water partition coefficient (Wildman–Crippen LogP) is 2.80. The molecule has 0 aromatic carbocycles. The maximum atomic E-state index is 11.8. The highest BCUT2D eigenvalue weighted by molar-refractivity contribution is 5.69. The number of carbonyl (C=O) groups is 1. The molecule has 0 N–H and O–H groups in total. The summed E-state index contributed by atoms with van der Waals surface area (Å²) in [5.41, 5.74) is -0.160. The number of amides is 1. The van der Waals surface area contributed by atoms with Gasteiger partial charge in [-0.3, -0.25) is 0 Å². The fourth-order valence-corrected chi connectivity index (χ4v) is 2.51. The minimum absolute atomic E-state index is 0.0862. The van der Waals surface area contributed by atoms with Gasteiger partial charge in [0, 0.05) is 13.1 Å². The molecule has 15 heavy (non-hydrogen) atoms. The Morgan fingerprint density at radius 2 is 1.80 bits per heavy atom. The number of hydrogen-bond acceptors (Lipinski definition) is 2. The Balaban J connectivity index is 1.96. The normalized spacial score (nSPS) is 24.1. The van der Waals surface area contributed by atoms with Crippen molar-refractivity contribution in [1.82, 2.24) is 4.90 Å². The van der Waals surface area contributed by atoms with Gasteiger partial charge in [0.15, 0.2) is 0 Å². The Bertz CT molecular complexity index is 240. The average Bonchev–Trinajstić information content (AvgIpc) is 2.50. The summed E-state index contributed by atoms with van der Waals surface area (Å²) in [6.07, 6.45) is 5.53. The second-order valence-corrected chi connectivity index (χ2v) is 5.14. The van der Waals surface area contributed by atoms with Gasteiger partial charge in [0.05, 0.1) is 0 Å². The minimum Gasteiger partial charge on any atom is -0.443 e. The summed E-state index contributed by atoms with van der Waals surface area (Å²) in [5, 5.41) is 0. The van der Waals surface area contributed by atoms with Crippen LogP contribution in [0.1, 0.15) is 46.0 Å². The van der Waals surface area contributed by atoms with E-state index in [1.807, 2.05) is 4.90 Å². The third kappa shape index (κ3) is 1.97. The van der Waals surface area contributed by atoms with Gasteiger partial charge in [-0.25, -0.2) is 4.79 Å². The van der Waals surface area contributed by atoms with Crippen molar-refractivity contribution in [2.45, 2.75) is 51.6 Å². The van der Waals surface area contributed by atoms with Gasteiger partial charge in [0.25, 0.3) is 0 Å². The van der Waals surface area contributed by atoms with E-state index in [0.29, 0.717) is 5.92 Å². The van der Waals surface area contributed by atoms with Gasteiger partial charge in [0.2, 0.25) is 0 Å². The van der Waals surface area contributed by atoms with Gasteiger partial charge < -0.3 is 9.64 Å². The molecule has 0 radical (unpaired) electrons. The van der Waals surface area contributed by atoms with E-state index >= 15 is 0 Å². The summed E-state index contributed by atoms with van der Waals surface area (Å²) < 4.78 is 5.75. The van der Waals surface area contributed by atoms with Gasteiger partial charge in [0.1, 0.15) is 5.60 Å². The molecule has 2 rings (SSSR count). The molecular weight excluding hydrogens is 190 g/mol. The number of likely N-dealkylation sites (tertiary alicyclic amines) is 1. The average molecular weight is 211 g/mol. The first-order valence-electron chi connectivity index (χ1n) is 6.12. The van der Waals surface area contributed by atoms with E-state index in [9.17, 15) is 4.79 Å². The summed E-state index contributed by atoms with van der Waals surface area (Å²) in [6, 6.07) is 0. The lowest BCUT2D eigenvalue weighted by Gasteiger charge is -2.38. The maximum absolute atomic E-state index is 11.8. The topological polar surface area (TPSA) is 29.5 Å². The standard InChI is InChI=1S/C12H21NO2/c1-10(2)12(6-3-4-7-12)15-11(14)13-8-5-9-13/h10H,3-9H2,1-2H3. The lowest BCUT2D eigenvalue weighted by molar-refractivity contribution is -0.0427. The zero-order chi connectivity index (χ0) is 10.9. The maximum Gasteiger partial charge on any atom is 0.410 e. The minimum atomic E-state index is -0.160. The molecule has 3 heteroatoms. The van der Waals surface area contributed by atoms with Gasteiger partial charge in [-0.05, 0) is 38.0 Å². The van der Waals surface area contributed by atoms with Gasteiger partial charge in [-0.15, -0.1) is 0 Å². The van der Waals surface area contributed by atoms with Crippen molar-refractivity contribution in [2.24, 2.45) is 5.92 Å². The van der Waals surface area contributed by atoms with Crippen LogP contribution < -0.4 is 0 Å². The SMILES string of the molecule is CC(C)C1(OC(=O)N2CCC2)CCCC1.